The first-order valence-electron chi connectivity index (χ1n) is 10.9. The smallest absolute Gasteiger partial charge is 0.222 e. The molecule has 3 atom stereocenters. The van der Waals surface area contributed by atoms with Crippen LogP contribution in [0.15, 0.2) is 30.3 Å². The highest BCUT2D eigenvalue weighted by atomic mass is 15.2. The number of rotatable bonds is 3. The van der Waals surface area contributed by atoms with Gasteiger partial charge in [-0.3, -0.25) is 0 Å². The van der Waals surface area contributed by atoms with Crippen LogP contribution in [-0.2, 0) is 6.42 Å². The van der Waals surface area contributed by atoms with Gasteiger partial charge in [-0.15, -0.1) is 0 Å². The summed E-state index contributed by atoms with van der Waals surface area (Å²) in [5.74, 6) is 4.20. The molecular formula is C23H29N5. The molecule has 3 saturated heterocycles. The van der Waals surface area contributed by atoms with Crippen LogP contribution in [0.2, 0.25) is 0 Å². The van der Waals surface area contributed by atoms with Crippen molar-refractivity contribution in [3.05, 3.63) is 47.2 Å². The summed E-state index contributed by atoms with van der Waals surface area (Å²) in [4.78, 5) is 12.1. The van der Waals surface area contributed by atoms with Crippen molar-refractivity contribution in [3.8, 4) is 0 Å². The summed E-state index contributed by atoms with van der Waals surface area (Å²) in [6, 6.07) is 11.3. The van der Waals surface area contributed by atoms with Crippen LogP contribution in [0, 0.1) is 17.8 Å². The van der Waals surface area contributed by atoms with Crippen molar-refractivity contribution in [1.29, 1.82) is 0 Å². The van der Waals surface area contributed by atoms with Crippen LogP contribution in [0.3, 0.4) is 0 Å². The molecule has 0 spiro atoms. The number of nitrogens with zero attached hydrogens (tertiary/aromatic N) is 3. The topological polar surface area (TPSA) is 67.1 Å². The number of piperidine rings is 3. The van der Waals surface area contributed by atoms with Gasteiger partial charge in [0.25, 0.3) is 0 Å². The first kappa shape index (κ1) is 16.8. The van der Waals surface area contributed by atoms with Gasteiger partial charge in [-0.25, -0.2) is 4.98 Å². The monoisotopic (exact) mass is 375 g/mol. The second kappa shape index (κ2) is 6.45. The quantitative estimate of drug-likeness (QED) is 0.862. The lowest BCUT2D eigenvalue weighted by Gasteiger charge is -2.56. The Labute approximate surface area is 166 Å². The summed E-state index contributed by atoms with van der Waals surface area (Å²) in [7, 11) is 0. The number of fused-ring (bicyclic) bond motifs is 1. The molecule has 1 aromatic heterocycles. The standard InChI is InChI=1S/C23H29N5/c24-23-26-21-18(15-5-2-1-3-6-15)7-4-8-19(21)22(27-23)25-20-16-9-14-10-17(20)13-28(11-14)12-16/h1-3,5-6,14,16-18,20H,4,7-13H2,(H3,24,25,26,27). The maximum absolute atomic E-state index is 6.20. The second-order valence-corrected chi connectivity index (χ2v) is 9.40. The molecule has 2 aromatic rings. The fourth-order valence-corrected chi connectivity index (χ4v) is 6.60. The van der Waals surface area contributed by atoms with Gasteiger partial charge in [0.15, 0.2) is 0 Å². The molecule has 146 valence electrons. The summed E-state index contributed by atoms with van der Waals surface area (Å²) in [5, 5.41) is 3.91. The molecule has 2 aliphatic carbocycles. The zero-order valence-electron chi connectivity index (χ0n) is 16.3. The molecule has 0 radical (unpaired) electrons. The summed E-state index contributed by atoms with van der Waals surface area (Å²) < 4.78 is 0. The Hall–Kier alpha value is -2.14. The van der Waals surface area contributed by atoms with Crippen LogP contribution in [0.25, 0.3) is 0 Å². The lowest BCUT2D eigenvalue weighted by molar-refractivity contribution is -0.0270. The molecule has 1 saturated carbocycles. The molecule has 4 fully saturated rings. The molecule has 3 N–H and O–H groups in total. The van der Waals surface area contributed by atoms with Crippen molar-refractivity contribution in [1.82, 2.24) is 14.9 Å². The second-order valence-electron chi connectivity index (χ2n) is 9.40. The molecule has 5 aliphatic rings. The third-order valence-corrected chi connectivity index (χ3v) is 7.60. The van der Waals surface area contributed by atoms with Crippen molar-refractivity contribution in [2.24, 2.45) is 17.8 Å². The molecule has 5 nitrogen and oxygen atoms in total. The van der Waals surface area contributed by atoms with Crippen LogP contribution < -0.4 is 11.1 Å². The third kappa shape index (κ3) is 2.71. The van der Waals surface area contributed by atoms with Crippen molar-refractivity contribution < 1.29 is 0 Å². The van der Waals surface area contributed by atoms with E-state index in [1.165, 1.54) is 50.0 Å². The number of anilines is 2. The Bertz CT molecular complexity index is 852. The normalized spacial score (nSPS) is 35.6. The highest BCUT2D eigenvalue weighted by Gasteiger charge is 2.47. The fraction of sp³-hybridized carbons (Fsp3) is 0.565. The van der Waals surface area contributed by atoms with Crippen molar-refractivity contribution in [3.63, 3.8) is 0 Å². The van der Waals surface area contributed by atoms with Gasteiger partial charge < -0.3 is 16.0 Å². The average Bonchev–Trinajstić information content (AvgIpc) is 2.70. The van der Waals surface area contributed by atoms with Gasteiger partial charge in [0, 0.05) is 37.2 Å². The summed E-state index contributed by atoms with van der Waals surface area (Å²) in [6.45, 7) is 3.83. The predicted molar refractivity (Wildman–Crippen MR) is 111 cm³/mol. The van der Waals surface area contributed by atoms with Crippen LogP contribution in [0.4, 0.5) is 11.8 Å². The van der Waals surface area contributed by atoms with Gasteiger partial charge in [-0.1, -0.05) is 30.3 Å². The molecule has 4 bridgehead atoms. The van der Waals surface area contributed by atoms with Gasteiger partial charge >= 0.3 is 0 Å². The fourth-order valence-electron chi connectivity index (χ4n) is 6.60. The van der Waals surface area contributed by atoms with E-state index in [4.69, 9.17) is 15.7 Å². The Morgan fingerprint density at radius 3 is 2.54 bits per heavy atom. The van der Waals surface area contributed by atoms with Crippen molar-refractivity contribution >= 4 is 11.8 Å². The molecular weight excluding hydrogens is 346 g/mol. The average molecular weight is 376 g/mol. The van der Waals surface area contributed by atoms with E-state index in [0.717, 1.165) is 42.1 Å². The van der Waals surface area contributed by atoms with Gasteiger partial charge in [-0.2, -0.15) is 4.98 Å². The molecule has 1 aromatic carbocycles. The maximum atomic E-state index is 6.20. The Morgan fingerprint density at radius 1 is 1.00 bits per heavy atom. The lowest BCUT2D eigenvalue weighted by Crippen LogP contribution is -2.62. The number of nitrogens with one attached hydrogen (secondary N) is 1. The van der Waals surface area contributed by atoms with E-state index in [1.807, 2.05) is 0 Å². The minimum Gasteiger partial charge on any atom is -0.368 e. The summed E-state index contributed by atoms with van der Waals surface area (Å²) in [6.07, 6.45) is 6.12. The number of nitrogens with two attached hydrogens (primary N) is 1. The van der Waals surface area contributed by atoms with E-state index < -0.39 is 0 Å². The number of aromatic nitrogens is 2. The zero-order chi connectivity index (χ0) is 18.7. The van der Waals surface area contributed by atoms with Gasteiger partial charge in [0.1, 0.15) is 5.82 Å². The van der Waals surface area contributed by atoms with Gasteiger partial charge in [0.2, 0.25) is 5.95 Å². The SMILES string of the molecule is Nc1nc(NC2C3CC4CC2CN(C4)C3)c2c(n1)C(c1ccccc1)CCC2. The highest BCUT2D eigenvalue weighted by molar-refractivity contribution is 5.54. The third-order valence-electron chi connectivity index (χ3n) is 7.60. The van der Waals surface area contributed by atoms with Crippen molar-refractivity contribution in [2.45, 2.75) is 44.1 Å². The Kier molecular flexibility index (Phi) is 3.86. The minimum absolute atomic E-state index is 0.334. The molecule has 28 heavy (non-hydrogen) atoms. The van der Waals surface area contributed by atoms with E-state index in [0.29, 0.717) is 17.9 Å². The van der Waals surface area contributed by atoms with E-state index >= 15 is 0 Å². The molecule has 3 aliphatic heterocycles. The van der Waals surface area contributed by atoms with Gasteiger partial charge in [0.05, 0.1) is 5.69 Å². The van der Waals surface area contributed by atoms with E-state index in [1.54, 1.807) is 0 Å². The van der Waals surface area contributed by atoms with Gasteiger partial charge in [-0.05, 0) is 55.4 Å². The molecule has 3 unspecified atom stereocenters. The molecule has 4 heterocycles. The van der Waals surface area contributed by atoms with E-state index in [9.17, 15) is 0 Å². The highest BCUT2D eigenvalue weighted by Crippen LogP contribution is 2.45. The molecule has 0 amide bonds. The Morgan fingerprint density at radius 2 is 1.79 bits per heavy atom. The lowest BCUT2D eigenvalue weighted by atomic mass is 9.65. The minimum atomic E-state index is 0.334. The van der Waals surface area contributed by atoms with Crippen LogP contribution in [-0.4, -0.2) is 40.5 Å². The largest absolute Gasteiger partial charge is 0.368 e. The number of hydrogen-bond acceptors (Lipinski definition) is 5. The zero-order valence-corrected chi connectivity index (χ0v) is 16.3. The van der Waals surface area contributed by atoms with Crippen LogP contribution >= 0.6 is 0 Å². The van der Waals surface area contributed by atoms with E-state index in [2.05, 4.69) is 40.5 Å². The summed E-state index contributed by atoms with van der Waals surface area (Å²) in [5.41, 5.74) is 10.0. The first-order chi connectivity index (χ1) is 13.7. The number of nitrogen functional groups attached to an aromatic ring is 1. The molecule has 5 heteroatoms. The number of hydrogen-bond donors (Lipinski definition) is 2. The molecule has 7 rings (SSSR count). The maximum Gasteiger partial charge on any atom is 0.222 e. The van der Waals surface area contributed by atoms with E-state index in [-0.39, 0.29) is 0 Å². The van der Waals surface area contributed by atoms with Crippen molar-refractivity contribution in [2.75, 3.05) is 30.7 Å². The van der Waals surface area contributed by atoms with Crippen LogP contribution in [0.5, 0.6) is 0 Å². The first-order valence-corrected chi connectivity index (χ1v) is 10.9. The number of benzene rings is 1. The Balaban J connectivity index is 1.35. The van der Waals surface area contributed by atoms with Crippen LogP contribution in [0.1, 0.15) is 48.4 Å². The predicted octanol–water partition coefficient (Wildman–Crippen LogP) is 3.28. The summed E-state index contributed by atoms with van der Waals surface area (Å²) >= 11 is 0.